The molecule has 0 bridgehead atoms. The Bertz CT molecular complexity index is 538. The zero-order chi connectivity index (χ0) is 13.4. The van der Waals surface area contributed by atoms with Gasteiger partial charge in [0.15, 0.2) is 0 Å². The lowest BCUT2D eigenvalue weighted by Gasteiger charge is -2.26. The zero-order valence-electron chi connectivity index (χ0n) is 10.9. The van der Waals surface area contributed by atoms with Gasteiger partial charge in [0.1, 0.15) is 6.10 Å². The van der Waals surface area contributed by atoms with Crippen LogP contribution in [0.4, 0.5) is 0 Å². The second-order valence-corrected chi connectivity index (χ2v) is 5.38. The van der Waals surface area contributed by atoms with E-state index in [1.807, 2.05) is 31.2 Å². The summed E-state index contributed by atoms with van der Waals surface area (Å²) in [4.78, 5) is 15.6. The van der Waals surface area contributed by atoms with Gasteiger partial charge in [0.05, 0.1) is 12.0 Å². The van der Waals surface area contributed by atoms with Crippen molar-refractivity contribution in [3.63, 3.8) is 0 Å². The van der Waals surface area contributed by atoms with Gasteiger partial charge in [0.25, 0.3) is 0 Å². The highest BCUT2D eigenvalue weighted by atomic mass is 16.5. The number of aryl methyl sites for hydroxylation is 1. The maximum absolute atomic E-state index is 11.0. The molecule has 1 fully saturated rings. The molecule has 1 aliphatic carbocycles. The largest absolute Gasteiger partial charge is 0.481 e. The molecule has 19 heavy (non-hydrogen) atoms. The molecule has 0 aromatic heterocycles. The van der Waals surface area contributed by atoms with Crippen LogP contribution in [0, 0.1) is 12.8 Å². The number of fused-ring (bicyclic) bond motifs is 1. The predicted molar refractivity (Wildman–Crippen MR) is 71.4 cm³/mol. The van der Waals surface area contributed by atoms with Crippen molar-refractivity contribution in [3.05, 3.63) is 35.4 Å². The van der Waals surface area contributed by atoms with Crippen LogP contribution in [0.25, 0.3) is 0 Å². The summed E-state index contributed by atoms with van der Waals surface area (Å²) >= 11 is 0. The molecule has 2 aliphatic rings. The summed E-state index contributed by atoms with van der Waals surface area (Å²) in [5.74, 6) is -0.312. The van der Waals surface area contributed by atoms with Gasteiger partial charge >= 0.3 is 5.97 Å². The van der Waals surface area contributed by atoms with E-state index in [-0.39, 0.29) is 18.1 Å². The Labute approximate surface area is 112 Å². The van der Waals surface area contributed by atoms with E-state index in [2.05, 4.69) is 4.99 Å². The highest BCUT2D eigenvalue weighted by Crippen LogP contribution is 2.33. The Morgan fingerprint density at radius 2 is 2.26 bits per heavy atom. The number of aliphatic imine (C=N–C) groups is 1. The molecule has 4 heteroatoms. The van der Waals surface area contributed by atoms with Crippen molar-refractivity contribution in [1.82, 2.24) is 0 Å². The number of aliphatic carboxylic acids is 1. The third kappa shape index (κ3) is 2.35. The van der Waals surface area contributed by atoms with Crippen LogP contribution in [0.3, 0.4) is 0 Å². The second-order valence-electron chi connectivity index (χ2n) is 5.38. The van der Waals surface area contributed by atoms with Crippen molar-refractivity contribution >= 4 is 11.9 Å². The number of carbonyl (C=O) groups is 1. The maximum atomic E-state index is 11.0. The van der Waals surface area contributed by atoms with E-state index >= 15 is 0 Å². The summed E-state index contributed by atoms with van der Waals surface area (Å²) in [6.07, 6.45) is 2.12. The van der Waals surface area contributed by atoms with Crippen LogP contribution in [-0.4, -0.2) is 29.1 Å². The van der Waals surface area contributed by atoms with Gasteiger partial charge in [0, 0.05) is 5.56 Å². The summed E-state index contributed by atoms with van der Waals surface area (Å²) in [5.41, 5.74) is 2.16. The van der Waals surface area contributed by atoms with Crippen molar-refractivity contribution < 1.29 is 14.6 Å². The maximum Gasteiger partial charge on any atom is 0.306 e. The summed E-state index contributed by atoms with van der Waals surface area (Å²) in [6, 6.07) is 8.05. The van der Waals surface area contributed by atoms with Gasteiger partial charge in [-0.25, -0.2) is 4.99 Å². The van der Waals surface area contributed by atoms with Crippen molar-refractivity contribution in [3.8, 4) is 0 Å². The molecule has 100 valence electrons. The van der Waals surface area contributed by atoms with E-state index in [0.717, 1.165) is 12.0 Å². The highest BCUT2D eigenvalue weighted by molar-refractivity contribution is 5.95. The van der Waals surface area contributed by atoms with E-state index in [1.165, 1.54) is 5.56 Å². The molecule has 1 aliphatic heterocycles. The molecular formula is C15H17NO3. The van der Waals surface area contributed by atoms with Crippen molar-refractivity contribution in [1.29, 1.82) is 0 Å². The van der Waals surface area contributed by atoms with Gasteiger partial charge in [-0.1, -0.05) is 17.7 Å². The average Bonchev–Trinajstić information content (AvgIpc) is 2.81. The first kappa shape index (κ1) is 12.2. The number of carboxylic acids is 1. The number of nitrogens with zero attached hydrogens (tertiary/aromatic N) is 1. The molecule has 3 rings (SSSR count). The average molecular weight is 259 g/mol. The van der Waals surface area contributed by atoms with Crippen LogP contribution in [0.1, 0.15) is 30.4 Å². The molecule has 1 aromatic rings. The third-order valence-corrected chi connectivity index (χ3v) is 3.92. The fourth-order valence-electron chi connectivity index (χ4n) is 2.86. The Morgan fingerprint density at radius 1 is 1.42 bits per heavy atom. The Hall–Kier alpha value is -1.84. The lowest BCUT2D eigenvalue weighted by Crippen LogP contribution is -2.33. The molecular weight excluding hydrogens is 242 g/mol. The fraction of sp³-hybridized carbons (Fsp3) is 0.467. The predicted octanol–water partition coefficient (Wildman–Crippen LogP) is 2.39. The number of carboxylic acid groups (broad SMARTS) is 1. The van der Waals surface area contributed by atoms with Crippen LogP contribution in [0.5, 0.6) is 0 Å². The minimum atomic E-state index is -0.711. The lowest BCUT2D eigenvalue weighted by atomic mass is 9.84. The Balaban J connectivity index is 1.80. The molecule has 0 spiro atoms. The molecule has 0 radical (unpaired) electrons. The Kier molecular flexibility index (Phi) is 3.01. The Morgan fingerprint density at radius 3 is 3.00 bits per heavy atom. The third-order valence-electron chi connectivity index (χ3n) is 3.92. The van der Waals surface area contributed by atoms with Crippen LogP contribution in [0.15, 0.2) is 29.3 Å². The van der Waals surface area contributed by atoms with Gasteiger partial charge in [-0.3, -0.25) is 4.79 Å². The molecule has 0 saturated heterocycles. The number of ether oxygens (including phenoxy) is 1. The van der Waals surface area contributed by atoms with Gasteiger partial charge in [-0.15, -0.1) is 0 Å². The summed E-state index contributed by atoms with van der Waals surface area (Å²) in [7, 11) is 0. The standard InChI is InChI=1S/C15H17NO3/c1-9-3-2-4-10(7-9)14-16-12-8-11(15(17)18)5-6-13(12)19-14/h2-4,7,11-13H,5-6,8H2,1H3,(H,17,18). The van der Waals surface area contributed by atoms with E-state index in [1.54, 1.807) is 0 Å². The zero-order valence-corrected chi connectivity index (χ0v) is 10.9. The molecule has 0 amide bonds. The van der Waals surface area contributed by atoms with Gasteiger partial charge < -0.3 is 9.84 Å². The highest BCUT2D eigenvalue weighted by Gasteiger charge is 2.39. The summed E-state index contributed by atoms with van der Waals surface area (Å²) < 4.78 is 5.89. The quantitative estimate of drug-likeness (QED) is 0.887. The molecule has 3 atom stereocenters. The summed E-state index contributed by atoms with van der Waals surface area (Å²) in [6.45, 7) is 2.03. The molecule has 1 aromatic carbocycles. The van der Waals surface area contributed by atoms with Crippen LogP contribution >= 0.6 is 0 Å². The SMILES string of the molecule is Cc1cccc(C2=NC3CC(C(=O)O)CCC3O2)c1. The molecule has 4 nitrogen and oxygen atoms in total. The van der Waals surface area contributed by atoms with E-state index in [4.69, 9.17) is 9.84 Å². The smallest absolute Gasteiger partial charge is 0.306 e. The van der Waals surface area contributed by atoms with Crippen molar-refractivity contribution in [2.75, 3.05) is 0 Å². The number of rotatable bonds is 2. The topological polar surface area (TPSA) is 58.9 Å². The monoisotopic (exact) mass is 259 g/mol. The molecule has 1 saturated carbocycles. The van der Waals surface area contributed by atoms with Crippen LogP contribution < -0.4 is 0 Å². The van der Waals surface area contributed by atoms with Gasteiger partial charge in [0.2, 0.25) is 5.90 Å². The normalized spacial score (nSPS) is 29.3. The van der Waals surface area contributed by atoms with Crippen molar-refractivity contribution in [2.24, 2.45) is 10.9 Å². The van der Waals surface area contributed by atoms with E-state index in [9.17, 15) is 4.79 Å². The minimum absolute atomic E-state index is 0.00497. The second kappa shape index (κ2) is 4.68. The number of hydrogen-bond donors (Lipinski definition) is 1. The van der Waals surface area contributed by atoms with E-state index in [0.29, 0.717) is 18.7 Å². The number of benzene rings is 1. The van der Waals surface area contributed by atoms with Crippen LogP contribution in [-0.2, 0) is 9.53 Å². The fourth-order valence-corrected chi connectivity index (χ4v) is 2.86. The lowest BCUT2D eigenvalue weighted by molar-refractivity contribution is -0.143. The first-order valence-electron chi connectivity index (χ1n) is 6.68. The summed E-state index contributed by atoms with van der Waals surface area (Å²) in [5, 5.41) is 9.09. The molecule has 1 N–H and O–H groups in total. The van der Waals surface area contributed by atoms with Gasteiger partial charge in [-0.2, -0.15) is 0 Å². The molecule has 3 unspecified atom stereocenters. The van der Waals surface area contributed by atoms with Crippen LogP contribution in [0.2, 0.25) is 0 Å². The first-order chi connectivity index (χ1) is 9.13. The number of hydrogen-bond acceptors (Lipinski definition) is 3. The molecule has 1 heterocycles. The van der Waals surface area contributed by atoms with E-state index < -0.39 is 5.97 Å². The van der Waals surface area contributed by atoms with Crippen molar-refractivity contribution in [2.45, 2.75) is 38.3 Å². The minimum Gasteiger partial charge on any atom is -0.481 e. The van der Waals surface area contributed by atoms with Gasteiger partial charge in [-0.05, 0) is 38.3 Å². The first-order valence-corrected chi connectivity index (χ1v) is 6.68.